The van der Waals surface area contributed by atoms with Crippen molar-refractivity contribution in [1.82, 2.24) is 4.98 Å². The maximum Gasteiger partial charge on any atom is 0.235 e. The van der Waals surface area contributed by atoms with E-state index in [0.717, 1.165) is 23.7 Å². The van der Waals surface area contributed by atoms with E-state index in [4.69, 9.17) is 11.5 Å². The molecule has 0 bridgehead atoms. The highest BCUT2D eigenvalue weighted by atomic mass is 35.5. The largest absolute Gasteiger partial charge is 0.368 e. The highest BCUT2D eigenvalue weighted by Gasteiger charge is 2.26. The molecule has 9 heteroatoms. The Morgan fingerprint density at radius 2 is 1.87 bits per heavy atom. The number of hydrogen-bond donors (Lipinski definition) is 2. The van der Waals surface area contributed by atoms with Gasteiger partial charge in [0.25, 0.3) is 0 Å². The fraction of sp³-hybridized carbons (Fsp3) is 0.333. The van der Waals surface area contributed by atoms with Crippen LogP contribution in [0, 0.1) is 22.7 Å². The number of nitrogens with zero attached hydrogens (tertiary/aromatic N) is 4. The standard InChI is InChI=1S/C21H24N6OS.ClH/c1-3-15-16(12-23)20(27(2)11-7-10-22)26-21(17(15)13-24)29-18(19(25)28)14-8-5-4-6-9-14;/h4-6,8-9,18H,3,7,10-11,22H2,1-2H3,(H2,25,28);1H. The van der Waals surface area contributed by atoms with E-state index in [-0.39, 0.29) is 12.4 Å². The summed E-state index contributed by atoms with van der Waals surface area (Å²) in [7, 11) is 1.83. The molecular weight excluding hydrogens is 420 g/mol. The summed E-state index contributed by atoms with van der Waals surface area (Å²) < 4.78 is 0. The molecule has 0 spiro atoms. The zero-order valence-electron chi connectivity index (χ0n) is 17.0. The Hall–Kier alpha value is -2.78. The number of carbonyl (C=O) groups excluding carboxylic acids is 1. The third-order valence-electron chi connectivity index (χ3n) is 4.48. The number of amides is 1. The average Bonchev–Trinajstić information content (AvgIpc) is 2.74. The molecule has 2 rings (SSSR count). The molecule has 0 fully saturated rings. The smallest absolute Gasteiger partial charge is 0.235 e. The Morgan fingerprint density at radius 3 is 2.37 bits per heavy atom. The van der Waals surface area contributed by atoms with Crippen molar-refractivity contribution in [3.05, 3.63) is 52.6 Å². The van der Waals surface area contributed by atoms with Crippen LogP contribution in [0.3, 0.4) is 0 Å². The molecule has 1 unspecified atom stereocenters. The lowest BCUT2D eigenvalue weighted by Crippen LogP contribution is -2.24. The van der Waals surface area contributed by atoms with Gasteiger partial charge in [0.1, 0.15) is 28.2 Å². The topological polar surface area (TPSA) is 133 Å². The van der Waals surface area contributed by atoms with Crippen molar-refractivity contribution in [2.75, 3.05) is 25.0 Å². The number of benzene rings is 1. The Balaban J connectivity index is 0.00000450. The van der Waals surface area contributed by atoms with Gasteiger partial charge in [0.15, 0.2) is 0 Å². The van der Waals surface area contributed by atoms with Crippen molar-refractivity contribution >= 4 is 35.9 Å². The second-order valence-corrected chi connectivity index (χ2v) is 7.51. The van der Waals surface area contributed by atoms with Gasteiger partial charge in [-0.15, -0.1) is 12.4 Å². The first-order chi connectivity index (χ1) is 14.0. The highest BCUT2D eigenvalue weighted by Crippen LogP contribution is 2.39. The second kappa shape index (κ2) is 12.0. The van der Waals surface area contributed by atoms with Gasteiger partial charge in [-0.3, -0.25) is 4.79 Å². The number of pyridine rings is 1. The summed E-state index contributed by atoms with van der Waals surface area (Å²) in [4.78, 5) is 18.6. The number of primary amides is 1. The van der Waals surface area contributed by atoms with Crippen LogP contribution in [0.2, 0.25) is 0 Å². The normalized spacial score (nSPS) is 11.0. The highest BCUT2D eigenvalue weighted by molar-refractivity contribution is 8.00. The molecule has 4 N–H and O–H groups in total. The van der Waals surface area contributed by atoms with E-state index in [1.165, 1.54) is 0 Å². The van der Waals surface area contributed by atoms with Crippen LogP contribution >= 0.6 is 24.2 Å². The van der Waals surface area contributed by atoms with Gasteiger partial charge in [0.2, 0.25) is 5.91 Å². The number of aromatic nitrogens is 1. The molecular formula is C21H25ClN6OS. The second-order valence-electron chi connectivity index (χ2n) is 6.42. The molecule has 1 atom stereocenters. The molecule has 0 aliphatic heterocycles. The average molecular weight is 445 g/mol. The lowest BCUT2D eigenvalue weighted by molar-refractivity contribution is -0.117. The summed E-state index contributed by atoms with van der Waals surface area (Å²) in [5.41, 5.74) is 13.3. The molecule has 0 aliphatic rings. The Bertz CT molecular complexity index is 955. The summed E-state index contributed by atoms with van der Waals surface area (Å²) >= 11 is 1.14. The zero-order valence-corrected chi connectivity index (χ0v) is 18.6. The monoisotopic (exact) mass is 444 g/mol. The lowest BCUT2D eigenvalue weighted by atomic mass is 10.0. The molecule has 0 saturated heterocycles. The summed E-state index contributed by atoms with van der Waals surface area (Å²) in [5, 5.41) is 19.2. The number of thioether (sulfide) groups is 1. The van der Waals surface area contributed by atoms with Gasteiger partial charge in [-0.25, -0.2) is 4.98 Å². The number of nitriles is 2. The lowest BCUT2D eigenvalue weighted by Gasteiger charge is -2.23. The molecule has 7 nitrogen and oxygen atoms in total. The van der Waals surface area contributed by atoms with Crippen LogP contribution < -0.4 is 16.4 Å². The quantitative estimate of drug-likeness (QED) is 0.568. The fourth-order valence-electron chi connectivity index (χ4n) is 3.01. The van der Waals surface area contributed by atoms with Crippen LogP contribution in [0.25, 0.3) is 0 Å². The molecule has 0 radical (unpaired) electrons. The van der Waals surface area contributed by atoms with Crippen LogP contribution in [0.15, 0.2) is 35.4 Å². The van der Waals surface area contributed by atoms with Crippen molar-refractivity contribution in [3.63, 3.8) is 0 Å². The van der Waals surface area contributed by atoms with Gasteiger partial charge in [-0.05, 0) is 30.5 Å². The predicted octanol–water partition coefficient (Wildman–Crippen LogP) is 2.91. The first kappa shape index (κ1) is 25.3. The van der Waals surface area contributed by atoms with E-state index < -0.39 is 11.2 Å². The minimum atomic E-state index is -0.698. The predicted molar refractivity (Wildman–Crippen MR) is 121 cm³/mol. The summed E-state index contributed by atoms with van der Waals surface area (Å²) in [6.45, 7) is 3.02. The Morgan fingerprint density at radius 1 is 1.23 bits per heavy atom. The number of anilines is 1. The van der Waals surface area contributed by atoms with E-state index in [2.05, 4.69) is 17.1 Å². The maximum absolute atomic E-state index is 12.2. The van der Waals surface area contributed by atoms with Crippen LogP contribution in [0.5, 0.6) is 0 Å². The molecule has 1 aromatic heterocycles. The first-order valence-corrected chi connectivity index (χ1v) is 10.2. The number of rotatable bonds is 9. The summed E-state index contributed by atoms with van der Waals surface area (Å²) in [5.74, 6) is -0.0390. The Labute approximate surface area is 187 Å². The van der Waals surface area contributed by atoms with Crippen LogP contribution in [-0.2, 0) is 11.2 Å². The van der Waals surface area contributed by atoms with E-state index in [1.807, 2.05) is 49.2 Å². The third-order valence-corrected chi connectivity index (χ3v) is 5.73. The van der Waals surface area contributed by atoms with Crippen LogP contribution in [-0.4, -0.2) is 31.0 Å². The van der Waals surface area contributed by atoms with Crippen molar-refractivity contribution in [2.24, 2.45) is 11.5 Å². The number of halogens is 1. The van der Waals surface area contributed by atoms with Gasteiger partial charge in [0.05, 0.1) is 11.1 Å². The minimum Gasteiger partial charge on any atom is -0.368 e. The number of carbonyl (C=O) groups is 1. The van der Waals surface area contributed by atoms with E-state index in [9.17, 15) is 15.3 Å². The van der Waals surface area contributed by atoms with Crippen molar-refractivity contribution in [1.29, 1.82) is 10.5 Å². The summed E-state index contributed by atoms with van der Waals surface area (Å²) in [6, 6.07) is 13.5. The van der Waals surface area contributed by atoms with Crippen LogP contribution in [0.1, 0.15) is 40.8 Å². The first-order valence-electron chi connectivity index (χ1n) is 9.27. The number of hydrogen-bond acceptors (Lipinski definition) is 7. The Kier molecular flexibility index (Phi) is 10.1. The molecule has 158 valence electrons. The van der Waals surface area contributed by atoms with Gasteiger partial charge >= 0.3 is 0 Å². The third kappa shape index (κ3) is 5.64. The minimum absolute atomic E-state index is 0. The van der Waals surface area contributed by atoms with Crippen molar-refractivity contribution in [2.45, 2.75) is 30.0 Å². The fourth-order valence-corrected chi connectivity index (χ4v) is 4.07. The van der Waals surface area contributed by atoms with E-state index >= 15 is 0 Å². The summed E-state index contributed by atoms with van der Waals surface area (Å²) in [6.07, 6.45) is 1.23. The molecule has 30 heavy (non-hydrogen) atoms. The molecule has 1 aromatic carbocycles. The molecule has 0 aliphatic carbocycles. The maximum atomic E-state index is 12.2. The number of nitrogens with two attached hydrogens (primary N) is 2. The van der Waals surface area contributed by atoms with Gasteiger partial charge in [0, 0.05) is 13.6 Å². The molecule has 2 aromatic rings. The van der Waals surface area contributed by atoms with E-state index in [0.29, 0.717) is 47.0 Å². The zero-order chi connectivity index (χ0) is 21.4. The van der Waals surface area contributed by atoms with Gasteiger partial charge in [-0.2, -0.15) is 10.5 Å². The van der Waals surface area contributed by atoms with Crippen molar-refractivity contribution < 1.29 is 4.79 Å². The van der Waals surface area contributed by atoms with Gasteiger partial charge < -0.3 is 16.4 Å². The van der Waals surface area contributed by atoms with Crippen LogP contribution in [0.4, 0.5) is 5.82 Å². The SMILES string of the molecule is CCc1c(C#N)c(SC(C(N)=O)c2ccccc2)nc(N(C)CCCN)c1C#N.Cl. The molecule has 1 heterocycles. The molecule has 1 amide bonds. The van der Waals surface area contributed by atoms with Crippen molar-refractivity contribution in [3.8, 4) is 12.1 Å². The molecule has 0 saturated carbocycles. The van der Waals surface area contributed by atoms with Gasteiger partial charge in [-0.1, -0.05) is 49.0 Å². The van der Waals surface area contributed by atoms with E-state index in [1.54, 1.807) is 0 Å².